The molecule has 0 spiro atoms. The van der Waals surface area contributed by atoms with E-state index in [0.717, 1.165) is 10.9 Å². The van der Waals surface area contributed by atoms with Crippen molar-refractivity contribution in [3.8, 4) is 0 Å². The van der Waals surface area contributed by atoms with Gasteiger partial charge in [0.05, 0.1) is 16.9 Å². The quantitative estimate of drug-likeness (QED) is 0.752. The molecule has 1 aliphatic rings. The summed E-state index contributed by atoms with van der Waals surface area (Å²) >= 11 is 0. The molecule has 0 aliphatic carbocycles. The second kappa shape index (κ2) is 5.21. The minimum absolute atomic E-state index is 0.00644. The van der Waals surface area contributed by atoms with Crippen LogP contribution in [0.2, 0.25) is 0 Å². The second-order valence-electron chi connectivity index (χ2n) is 5.33. The first-order valence-electron chi connectivity index (χ1n) is 7.28. The molecule has 2 amide bonds. The zero-order valence-corrected chi connectivity index (χ0v) is 12.2. The van der Waals surface area contributed by atoms with Crippen LogP contribution in [0.1, 0.15) is 10.4 Å². The monoisotopic (exact) mass is 303 g/mol. The van der Waals surface area contributed by atoms with Gasteiger partial charge < -0.3 is 5.32 Å². The molecule has 5 heteroatoms. The maximum absolute atomic E-state index is 13.0. The summed E-state index contributed by atoms with van der Waals surface area (Å²) in [5.41, 5.74) is 2.65. The van der Waals surface area contributed by atoms with Gasteiger partial charge in [-0.05, 0) is 30.3 Å². The summed E-state index contributed by atoms with van der Waals surface area (Å²) in [5.74, 6) is -0.402. The van der Waals surface area contributed by atoms with Gasteiger partial charge in [0.15, 0.2) is 0 Å². The summed E-state index contributed by atoms with van der Waals surface area (Å²) in [5, 5.41) is 3.57. The lowest BCUT2D eigenvalue weighted by molar-refractivity contribution is -0.115. The van der Waals surface area contributed by atoms with Gasteiger partial charge in [-0.15, -0.1) is 0 Å². The van der Waals surface area contributed by atoms with E-state index in [1.54, 1.807) is 30.5 Å². The molecule has 3 aromatic rings. The number of aromatic nitrogens is 1. The van der Waals surface area contributed by atoms with E-state index >= 15 is 0 Å². The summed E-state index contributed by atoms with van der Waals surface area (Å²) < 4.78 is 0. The van der Waals surface area contributed by atoms with Crippen LogP contribution in [0, 0.1) is 0 Å². The fraction of sp³-hybridized carbons (Fsp3) is 0.0556. The van der Waals surface area contributed by atoms with E-state index in [-0.39, 0.29) is 18.4 Å². The number of fused-ring (bicyclic) bond motifs is 2. The zero-order valence-electron chi connectivity index (χ0n) is 12.2. The number of anilines is 2. The van der Waals surface area contributed by atoms with E-state index in [1.165, 1.54) is 4.90 Å². The van der Waals surface area contributed by atoms with Gasteiger partial charge in [0.25, 0.3) is 5.91 Å². The molecule has 2 heterocycles. The fourth-order valence-corrected chi connectivity index (χ4v) is 2.85. The van der Waals surface area contributed by atoms with Gasteiger partial charge in [-0.2, -0.15) is 0 Å². The van der Waals surface area contributed by atoms with Crippen LogP contribution < -0.4 is 10.2 Å². The smallest absolute Gasteiger partial charge is 0.259 e. The number of amides is 2. The van der Waals surface area contributed by atoms with Gasteiger partial charge in [-0.1, -0.05) is 24.3 Å². The van der Waals surface area contributed by atoms with Crippen molar-refractivity contribution >= 4 is 34.1 Å². The van der Waals surface area contributed by atoms with Crippen molar-refractivity contribution in [2.75, 3.05) is 16.8 Å². The average molecular weight is 303 g/mol. The third kappa shape index (κ3) is 2.23. The molecule has 0 atom stereocenters. The highest BCUT2D eigenvalue weighted by Gasteiger charge is 2.28. The molecule has 0 saturated carbocycles. The summed E-state index contributed by atoms with van der Waals surface area (Å²) in [7, 11) is 0. The number of carbonyl (C=O) groups excluding carboxylic acids is 2. The third-order valence-corrected chi connectivity index (χ3v) is 3.89. The van der Waals surface area contributed by atoms with Gasteiger partial charge in [0.2, 0.25) is 5.91 Å². The Kier molecular flexibility index (Phi) is 3.05. The van der Waals surface area contributed by atoms with E-state index in [1.807, 2.05) is 30.3 Å². The lowest BCUT2D eigenvalue weighted by Gasteiger charge is -2.29. The first-order valence-corrected chi connectivity index (χ1v) is 7.28. The predicted octanol–water partition coefficient (Wildman–Crippen LogP) is 2.83. The maximum Gasteiger partial charge on any atom is 0.259 e. The number of para-hydroxylation sites is 2. The number of nitrogens with one attached hydrogen (secondary N) is 1. The molecule has 0 bridgehead atoms. The van der Waals surface area contributed by atoms with Crippen molar-refractivity contribution in [3.05, 3.63) is 66.4 Å². The Bertz CT molecular complexity index is 931. The van der Waals surface area contributed by atoms with E-state index < -0.39 is 0 Å². The molecular weight excluding hydrogens is 290 g/mol. The first kappa shape index (κ1) is 13.5. The molecule has 0 fully saturated rings. The maximum atomic E-state index is 13.0. The Hall–Kier alpha value is -3.21. The van der Waals surface area contributed by atoms with Gasteiger partial charge in [0, 0.05) is 17.1 Å². The molecule has 0 unspecified atom stereocenters. The highest BCUT2D eigenvalue weighted by atomic mass is 16.2. The number of nitrogens with zero attached hydrogens (tertiary/aromatic N) is 2. The molecule has 2 aromatic carbocycles. The summed E-state index contributed by atoms with van der Waals surface area (Å²) in [6.45, 7) is 0.00644. The Morgan fingerprint density at radius 1 is 1.04 bits per heavy atom. The predicted molar refractivity (Wildman–Crippen MR) is 88.5 cm³/mol. The second-order valence-corrected chi connectivity index (χ2v) is 5.33. The van der Waals surface area contributed by atoms with E-state index in [2.05, 4.69) is 10.3 Å². The van der Waals surface area contributed by atoms with Crippen molar-refractivity contribution in [2.24, 2.45) is 0 Å². The molecule has 1 aliphatic heterocycles. The lowest BCUT2D eigenvalue weighted by Crippen LogP contribution is -2.42. The van der Waals surface area contributed by atoms with Crippen LogP contribution in [0.15, 0.2) is 60.8 Å². The largest absolute Gasteiger partial charge is 0.323 e. The average Bonchev–Trinajstić information content (AvgIpc) is 2.60. The molecule has 1 aromatic heterocycles. The van der Waals surface area contributed by atoms with Crippen LogP contribution in [-0.2, 0) is 4.79 Å². The number of rotatable bonds is 1. The Labute approximate surface area is 132 Å². The molecule has 23 heavy (non-hydrogen) atoms. The highest BCUT2D eigenvalue weighted by molar-refractivity contribution is 6.19. The zero-order chi connectivity index (χ0) is 15.8. The minimum atomic E-state index is -0.203. The van der Waals surface area contributed by atoms with Gasteiger partial charge in [0.1, 0.15) is 6.54 Å². The van der Waals surface area contributed by atoms with Crippen LogP contribution in [0.5, 0.6) is 0 Å². The molecule has 4 rings (SSSR count). The topological polar surface area (TPSA) is 62.3 Å². The normalized spacial score (nSPS) is 13.6. The third-order valence-electron chi connectivity index (χ3n) is 3.89. The molecule has 0 saturated heterocycles. The van der Waals surface area contributed by atoms with Gasteiger partial charge in [-0.25, -0.2) is 0 Å². The molecule has 0 radical (unpaired) electrons. The number of hydrogen-bond acceptors (Lipinski definition) is 3. The lowest BCUT2D eigenvalue weighted by atomic mass is 10.1. The van der Waals surface area contributed by atoms with E-state index in [9.17, 15) is 9.59 Å². The molecular formula is C18H13N3O2. The Morgan fingerprint density at radius 2 is 1.91 bits per heavy atom. The van der Waals surface area contributed by atoms with Gasteiger partial charge >= 0.3 is 0 Å². The fourth-order valence-electron chi connectivity index (χ4n) is 2.85. The standard InChI is InChI=1S/C18H13N3O2/c22-17-11-21(16-9-2-1-7-15(16)20-17)18(23)13-5-3-8-14-12(13)6-4-10-19-14/h1-10H,11H2,(H,20,22). The van der Waals surface area contributed by atoms with E-state index in [4.69, 9.17) is 0 Å². The number of hydrogen-bond donors (Lipinski definition) is 1. The van der Waals surface area contributed by atoms with Crippen molar-refractivity contribution in [2.45, 2.75) is 0 Å². The Balaban J connectivity index is 1.84. The van der Waals surface area contributed by atoms with Crippen molar-refractivity contribution in [3.63, 3.8) is 0 Å². The molecule has 112 valence electrons. The summed E-state index contributed by atoms with van der Waals surface area (Å²) in [6.07, 6.45) is 1.69. The molecule has 1 N–H and O–H groups in total. The minimum Gasteiger partial charge on any atom is -0.323 e. The summed E-state index contributed by atoms with van der Waals surface area (Å²) in [4.78, 5) is 30.7. The Morgan fingerprint density at radius 3 is 2.83 bits per heavy atom. The number of pyridine rings is 1. The highest BCUT2D eigenvalue weighted by Crippen LogP contribution is 2.31. The van der Waals surface area contributed by atoms with Crippen LogP contribution in [0.3, 0.4) is 0 Å². The van der Waals surface area contributed by atoms with Crippen molar-refractivity contribution < 1.29 is 9.59 Å². The van der Waals surface area contributed by atoms with Crippen LogP contribution in [0.25, 0.3) is 10.9 Å². The first-order chi connectivity index (χ1) is 11.2. The van der Waals surface area contributed by atoms with Crippen molar-refractivity contribution in [1.29, 1.82) is 0 Å². The van der Waals surface area contributed by atoms with Crippen molar-refractivity contribution in [1.82, 2.24) is 4.98 Å². The SMILES string of the molecule is O=C1CN(C(=O)c2cccc3ncccc23)c2ccccc2N1. The summed E-state index contributed by atoms with van der Waals surface area (Å²) in [6, 6.07) is 16.4. The van der Waals surface area contributed by atoms with E-state index in [0.29, 0.717) is 16.9 Å². The molecule has 5 nitrogen and oxygen atoms in total. The van der Waals surface area contributed by atoms with Crippen LogP contribution in [0.4, 0.5) is 11.4 Å². The van der Waals surface area contributed by atoms with Gasteiger partial charge in [-0.3, -0.25) is 19.5 Å². The number of carbonyl (C=O) groups is 2. The number of benzene rings is 2. The van der Waals surface area contributed by atoms with Crippen LogP contribution >= 0.6 is 0 Å². The van der Waals surface area contributed by atoms with Crippen LogP contribution in [-0.4, -0.2) is 23.3 Å².